The van der Waals surface area contributed by atoms with Crippen LogP contribution in [-0.2, 0) is 11.8 Å². The van der Waals surface area contributed by atoms with Crippen LogP contribution in [0.2, 0.25) is 0 Å². The molecule has 3 aliphatic rings. The molecule has 0 atom stereocenters. The van der Waals surface area contributed by atoms with Crippen LogP contribution in [0.5, 0.6) is 0 Å². The van der Waals surface area contributed by atoms with E-state index < -0.39 is 0 Å². The molecule has 1 aromatic rings. The van der Waals surface area contributed by atoms with E-state index in [1.54, 1.807) is 18.9 Å². The van der Waals surface area contributed by atoms with E-state index in [1.807, 2.05) is 6.08 Å². The third-order valence-electron chi connectivity index (χ3n) is 7.09. The van der Waals surface area contributed by atoms with Crippen molar-refractivity contribution >= 4 is 46.1 Å². The van der Waals surface area contributed by atoms with Gasteiger partial charge in [0.25, 0.3) is 11.5 Å². The molecule has 0 unspecified atom stereocenters. The van der Waals surface area contributed by atoms with Gasteiger partial charge >= 0.3 is 0 Å². The molecule has 182 valence electrons. The predicted molar refractivity (Wildman–Crippen MR) is 139 cm³/mol. The number of hydrogen-bond acceptors (Lipinski definition) is 8. The summed E-state index contributed by atoms with van der Waals surface area (Å²) in [7, 11) is 1.68. The number of thiocarbonyl (C=S) groups is 1. The summed E-state index contributed by atoms with van der Waals surface area (Å²) in [4.78, 5) is 33.0. The normalized spacial score (nSPS) is 21.5. The average Bonchev–Trinajstić information content (AvgIpc) is 3.12. The van der Waals surface area contributed by atoms with Gasteiger partial charge in [-0.25, -0.2) is 0 Å². The monoisotopic (exact) mass is 501 g/mol. The molecule has 10 heteroatoms. The number of carbonyl (C=O) groups excluding carboxylic acids is 1. The zero-order chi connectivity index (χ0) is 24.4. The molecule has 8 nitrogen and oxygen atoms in total. The van der Waals surface area contributed by atoms with E-state index in [2.05, 4.69) is 15.9 Å². The molecule has 1 aromatic heterocycles. The standard InChI is InChI=1S/C24H31N5O3S2/c1-16-18(14-20-23(32)29(24(33)34-20)17-6-4-3-5-7-17)21(26(2)22(31)19(16)15-25)28-10-8-27(9-11-28)12-13-30/h14,17,30H,3-13H2,1-2H3. The minimum atomic E-state index is -0.334. The highest BCUT2D eigenvalue weighted by Gasteiger charge is 2.38. The van der Waals surface area contributed by atoms with Gasteiger partial charge in [-0.2, -0.15) is 5.26 Å². The minimum Gasteiger partial charge on any atom is -0.395 e. The topological polar surface area (TPSA) is 92.8 Å². The molecular formula is C24H31N5O3S2. The van der Waals surface area contributed by atoms with Crippen molar-refractivity contribution in [3.8, 4) is 6.07 Å². The van der Waals surface area contributed by atoms with Crippen molar-refractivity contribution in [2.75, 3.05) is 44.2 Å². The third kappa shape index (κ3) is 4.67. The van der Waals surface area contributed by atoms with Crippen LogP contribution in [0.25, 0.3) is 6.08 Å². The van der Waals surface area contributed by atoms with Gasteiger partial charge in [0, 0.05) is 51.4 Å². The fourth-order valence-corrected chi connectivity index (χ4v) is 6.57. The molecule has 1 amide bonds. The Morgan fingerprint density at radius 1 is 1.18 bits per heavy atom. The number of nitriles is 1. The van der Waals surface area contributed by atoms with E-state index in [0.717, 1.165) is 44.3 Å². The van der Waals surface area contributed by atoms with Crippen LogP contribution in [0.4, 0.5) is 5.82 Å². The lowest BCUT2D eigenvalue weighted by Crippen LogP contribution is -2.49. The molecule has 4 rings (SSSR count). The van der Waals surface area contributed by atoms with Crippen molar-refractivity contribution in [2.45, 2.75) is 45.1 Å². The summed E-state index contributed by atoms with van der Waals surface area (Å²) >= 11 is 6.91. The van der Waals surface area contributed by atoms with Gasteiger partial charge in [-0.05, 0) is 31.4 Å². The Hall–Kier alpha value is -2.19. The molecule has 1 N–H and O–H groups in total. The lowest BCUT2D eigenvalue weighted by molar-refractivity contribution is -0.124. The summed E-state index contributed by atoms with van der Waals surface area (Å²) < 4.78 is 2.12. The fourth-order valence-electron chi connectivity index (χ4n) is 5.18. The maximum atomic E-state index is 13.4. The molecule has 1 aliphatic carbocycles. The molecule has 2 saturated heterocycles. The second-order valence-corrected chi connectivity index (χ2v) is 10.8. The number of carbonyl (C=O) groups is 1. The first-order chi connectivity index (χ1) is 16.4. The van der Waals surface area contributed by atoms with Gasteiger partial charge in [-0.1, -0.05) is 43.2 Å². The number of piperazine rings is 1. The van der Waals surface area contributed by atoms with Crippen LogP contribution in [0.1, 0.15) is 48.8 Å². The highest BCUT2D eigenvalue weighted by Crippen LogP contribution is 2.39. The predicted octanol–water partition coefficient (Wildman–Crippen LogP) is 2.21. The zero-order valence-electron chi connectivity index (χ0n) is 19.7. The molecule has 0 bridgehead atoms. The molecule has 0 radical (unpaired) electrons. The number of rotatable bonds is 5. The number of aromatic nitrogens is 1. The van der Waals surface area contributed by atoms with Crippen LogP contribution >= 0.6 is 24.0 Å². The number of anilines is 1. The first-order valence-corrected chi connectivity index (χ1v) is 13.1. The van der Waals surface area contributed by atoms with Gasteiger partial charge in [0.1, 0.15) is 21.8 Å². The highest BCUT2D eigenvalue weighted by molar-refractivity contribution is 8.26. The van der Waals surface area contributed by atoms with Gasteiger partial charge in [-0.3, -0.25) is 24.0 Å². The van der Waals surface area contributed by atoms with Gasteiger partial charge in [-0.15, -0.1) is 0 Å². The molecule has 3 heterocycles. The van der Waals surface area contributed by atoms with Crippen molar-refractivity contribution in [1.29, 1.82) is 5.26 Å². The number of hydrogen-bond donors (Lipinski definition) is 1. The van der Waals surface area contributed by atoms with Crippen LogP contribution in [0.15, 0.2) is 9.70 Å². The Morgan fingerprint density at radius 3 is 2.47 bits per heavy atom. The lowest BCUT2D eigenvalue weighted by Gasteiger charge is -2.37. The van der Waals surface area contributed by atoms with Crippen molar-refractivity contribution in [1.82, 2.24) is 14.4 Å². The maximum Gasteiger partial charge on any atom is 0.270 e. The Morgan fingerprint density at radius 2 is 1.85 bits per heavy atom. The summed E-state index contributed by atoms with van der Waals surface area (Å²) in [6, 6.07) is 2.21. The second-order valence-electron chi connectivity index (χ2n) is 9.11. The van der Waals surface area contributed by atoms with Crippen molar-refractivity contribution in [2.24, 2.45) is 7.05 Å². The summed E-state index contributed by atoms with van der Waals surface area (Å²) in [6.45, 7) is 5.40. The Labute approximate surface area is 209 Å². The van der Waals surface area contributed by atoms with Crippen LogP contribution in [0.3, 0.4) is 0 Å². The SMILES string of the molecule is Cc1c(C=C2SC(=S)N(C3CCCCC3)C2=O)c(N2CCN(CCO)CC2)n(C)c(=O)c1C#N. The molecule has 3 fully saturated rings. The number of aliphatic hydroxyl groups is 1. The Bertz CT molecular complexity index is 1110. The molecule has 34 heavy (non-hydrogen) atoms. The van der Waals surface area contributed by atoms with E-state index >= 15 is 0 Å². The first-order valence-electron chi connectivity index (χ1n) is 11.9. The lowest BCUT2D eigenvalue weighted by atomic mass is 9.94. The van der Waals surface area contributed by atoms with Crippen molar-refractivity contribution in [3.63, 3.8) is 0 Å². The number of nitrogens with zero attached hydrogens (tertiary/aromatic N) is 5. The molecule has 1 saturated carbocycles. The van der Waals surface area contributed by atoms with E-state index in [4.69, 9.17) is 12.2 Å². The van der Waals surface area contributed by atoms with Crippen LogP contribution in [0, 0.1) is 18.3 Å². The van der Waals surface area contributed by atoms with E-state index in [-0.39, 0.29) is 29.7 Å². The van der Waals surface area contributed by atoms with Crippen molar-refractivity contribution < 1.29 is 9.90 Å². The number of β-amino-alcohol motifs (C(OH)–C–C–N with tert-alkyl or cyclic N) is 1. The Balaban J connectivity index is 1.74. The zero-order valence-corrected chi connectivity index (χ0v) is 21.4. The maximum absolute atomic E-state index is 13.4. The van der Waals surface area contributed by atoms with E-state index in [1.165, 1.54) is 22.7 Å². The average molecular weight is 502 g/mol. The van der Waals surface area contributed by atoms with Gasteiger partial charge in [0.15, 0.2) is 0 Å². The minimum absolute atomic E-state index is 0.0765. The Kier molecular flexibility index (Phi) is 7.77. The van der Waals surface area contributed by atoms with E-state index in [0.29, 0.717) is 40.2 Å². The summed E-state index contributed by atoms with van der Waals surface area (Å²) in [6.07, 6.45) is 7.19. The van der Waals surface area contributed by atoms with Crippen LogP contribution in [-0.4, -0.2) is 75.1 Å². The second kappa shape index (κ2) is 10.6. The van der Waals surface area contributed by atoms with E-state index in [9.17, 15) is 20.0 Å². The molecule has 2 aliphatic heterocycles. The number of pyridine rings is 1. The smallest absolute Gasteiger partial charge is 0.270 e. The molecular weight excluding hydrogens is 470 g/mol. The highest BCUT2D eigenvalue weighted by atomic mass is 32.2. The molecule has 0 aromatic carbocycles. The van der Waals surface area contributed by atoms with Gasteiger partial charge < -0.3 is 10.0 Å². The third-order valence-corrected chi connectivity index (χ3v) is 8.43. The number of thioether (sulfide) groups is 1. The first kappa shape index (κ1) is 24.9. The largest absolute Gasteiger partial charge is 0.395 e. The van der Waals surface area contributed by atoms with Crippen LogP contribution < -0.4 is 10.5 Å². The number of aliphatic hydroxyl groups excluding tert-OH is 1. The van der Waals surface area contributed by atoms with Gasteiger partial charge in [0.2, 0.25) is 0 Å². The number of amides is 1. The molecule has 0 spiro atoms. The summed E-state index contributed by atoms with van der Waals surface area (Å²) in [5, 5.41) is 18.9. The summed E-state index contributed by atoms with van der Waals surface area (Å²) in [5.41, 5.74) is 1.07. The quantitative estimate of drug-likeness (QED) is 0.485. The summed E-state index contributed by atoms with van der Waals surface area (Å²) in [5.74, 6) is 0.639. The van der Waals surface area contributed by atoms with Gasteiger partial charge in [0.05, 0.1) is 11.5 Å². The van der Waals surface area contributed by atoms with Crippen molar-refractivity contribution in [3.05, 3.63) is 31.9 Å². The fraction of sp³-hybridized carbons (Fsp3) is 0.583.